The third-order valence-corrected chi connectivity index (χ3v) is 7.62. The number of carbonyl (C=O) groups excluding carboxylic acids is 3. The molecule has 1 aliphatic heterocycles. The number of halogens is 1. The SMILES string of the molecule is CC(C)C(=O)[C@H](NC(=O)c1cccc(C2CCN(C(=O)C3=C=CC3)CC2)c1F)C1CCCCC1. The van der Waals surface area contributed by atoms with Crippen LogP contribution in [0, 0.1) is 17.7 Å². The zero-order valence-corrected chi connectivity index (χ0v) is 20.2. The molecule has 1 N–H and O–H groups in total. The van der Waals surface area contributed by atoms with Crippen LogP contribution in [-0.4, -0.2) is 41.6 Å². The van der Waals surface area contributed by atoms with Gasteiger partial charge in [0.1, 0.15) is 5.82 Å². The first-order chi connectivity index (χ1) is 16.4. The molecule has 1 saturated heterocycles. The standard InChI is InChI=1S/C28H35FN2O3/c1-18(2)26(32)25(20-8-4-3-5-9-20)30-27(33)23-13-7-12-22(24(23)29)19-14-16-31(17-15-19)28(34)21-10-6-11-21/h6-7,12-13,18-20,25H,3-5,8-10,14-17H2,1-2H3,(H,30,33)/t25-/m1/s1. The number of hydrogen-bond acceptors (Lipinski definition) is 3. The average Bonchev–Trinajstić information content (AvgIpc) is 2.81. The molecular weight excluding hydrogens is 431 g/mol. The molecule has 1 saturated carbocycles. The highest BCUT2D eigenvalue weighted by molar-refractivity contribution is 5.99. The molecule has 1 heterocycles. The third-order valence-electron chi connectivity index (χ3n) is 7.62. The predicted octanol–water partition coefficient (Wildman–Crippen LogP) is 4.92. The number of benzene rings is 1. The van der Waals surface area contributed by atoms with E-state index in [2.05, 4.69) is 11.0 Å². The Morgan fingerprint density at radius 3 is 2.32 bits per heavy atom. The van der Waals surface area contributed by atoms with E-state index in [1.807, 2.05) is 24.8 Å². The van der Waals surface area contributed by atoms with Crippen LogP contribution in [0.15, 0.2) is 35.6 Å². The molecule has 1 aromatic carbocycles. The minimum absolute atomic E-state index is 0.00173. The van der Waals surface area contributed by atoms with Crippen LogP contribution in [0.5, 0.6) is 0 Å². The van der Waals surface area contributed by atoms with E-state index in [4.69, 9.17) is 0 Å². The lowest BCUT2D eigenvalue weighted by atomic mass is 9.80. The second kappa shape index (κ2) is 10.7. The molecule has 34 heavy (non-hydrogen) atoms. The number of carbonyl (C=O) groups is 3. The molecule has 2 fully saturated rings. The number of ketones is 1. The molecular formula is C28H35FN2O3. The van der Waals surface area contributed by atoms with Crippen molar-refractivity contribution in [2.45, 2.75) is 77.2 Å². The number of piperidine rings is 1. The minimum atomic E-state index is -0.569. The van der Waals surface area contributed by atoms with Gasteiger partial charge in [-0.25, -0.2) is 4.39 Å². The van der Waals surface area contributed by atoms with E-state index in [1.165, 1.54) is 6.07 Å². The molecule has 5 nitrogen and oxygen atoms in total. The summed E-state index contributed by atoms with van der Waals surface area (Å²) in [7, 11) is 0. The zero-order valence-electron chi connectivity index (χ0n) is 20.2. The molecule has 1 atom stereocenters. The lowest BCUT2D eigenvalue weighted by molar-refractivity contribution is -0.128. The van der Waals surface area contributed by atoms with Crippen LogP contribution < -0.4 is 5.32 Å². The Morgan fingerprint density at radius 1 is 1.06 bits per heavy atom. The lowest BCUT2D eigenvalue weighted by Crippen LogP contribution is -2.48. The van der Waals surface area contributed by atoms with E-state index >= 15 is 4.39 Å². The van der Waals surface area contributed by atoms with Gasteiger partial charge >= 0.3 is 0 Å². The van der Waals surface area contributed by atoms with Gasteiger partial charge in [0.15, 0.2) is 5.78 Å². The quantitative estimate of drug-likeness (QED) is 0.580. The number of likely N-dealkylation sites (tertiary alicyclic amines) is 1. The Morgan fingerprint density at radius 2 is 1.74 bits per heavy atom. The van der Waals surface area contributed by atoms with Crippen molar-refractivity contribution in [2.75, 3.05) is 13.1 Å². The fraction of sp³-hybridized carbons (Fsp3) is 0.571. The van der Waals surface area contributed by atoms with Crippen molar-refractivity contribution < 1.29 is 18.8 Å². The van der Waals surface area contributed by atoms with Crippen molar-refractivity contribution >= 4 is 17.6 Å². The molecule has 0 aromatic heterocycles. The van der Waals surface area contributed by atoms with Gasteiger partial charge in [0, 0.05) is 25.4 Å². The molecule has 0 spiro atoms. The fourth-order valence-corrected chi connectivity index (χ4v) is 5.45. The van der Waals surface area contributed by atoms with E-state index in [1.54, 1.807) is 12.1 Å². The first kappa shape index (κ1) is 24.4. The Balaban J connectivity index is 1.46. The highest BCUT2D eigenvalue weighted by atomic mass is 19.1. The number of hydrogen-bond donors (Lipinski definition) is 1. The molecule has 182 valence electrons. The van der Waals surface area contributed by atoms with Gasteiger partial charge in [-0.05, 0) is 55.2 Å². The van der Waals surface area contributed by atoms with Crippen molar-refractivity contribution in [2.24, 2.45) is 11.8 Å². The maximum Gasteiger partial charge on any atom is 0.257 e. The summed E-state index contributed by atoms with van der Waals surface area (Å²) in [6.45, 7) is 4.83. The summed E-state index contributed by atoms with van der Waals surface area (Å²) < 4.78 is 15.6. The molecule has 6 heteroatoms. The van der Waals surface area contributed by atoms with Crippen molar-refractivity contribution in [3.8, 4) is 0 Å². The molecule has 2 amide bonds. The topological polar surface area (TPSA) is 66.5 Å². The van der Waals surface area contributed by atoms with Gasteiger partial charge in [-0.3, -0.25) is 14.4 Å². The van der Waals surface area contributed by atoms with Gasteiger partial charge in [0.05, 0.1) is 17.2 Å². The molecule has 3 aliphatic rings. The summed E-state index contributed by atoms with van der Waals surface area (Å²) in [5.74, 6) is -1.10. The molecule has 0 bridgehead atoms. The summed E-state index contributed by atoms with van der Waals surface area (Å²) in [5, 5.41) is 2.91. The van der Waals surface area contributed by atoms with Crippen LogP contribution in [0.25, 0.3) is 0 Å². The van der Waals surface area contributed by atoms with Gasteiger partial charge in [-0.2, -0.15) is 0 Å². The Kier molecular flexibility index (Phi) is 7.67. The summed E-state index contributed by atoms with van der Waals surface area (Å²) in [4.78, 5) is 40.3. The van der Waals surface area contributed by atoms with Crippen LogP contribution in [-0.2, 0) is 9.59 Å². The lowest BCUT2D eigenvalue weighted by Gasteiger charge is -2.33. The number of amides is 2. The fourth-order valence-electron chi connectivity index (χ4n) is 5.45. The van der Waals surface area contributed by atoms with Crippen LogP contribution in [0.4, 0.5) is 4.39 Å². The number of rotatable bonds is 7. The van der Waals surface area contributed by atoms with E-state index < -0.39 is 17.8 Å². The summed E-state index contributed by atoms with van der Waals surface area (Å²) in [6.07, 6.45) is 8.92. The zero-order chi connectivity index (χ0) is 24.2. The van der Waals surface area contributed by atoms with Gasteiger partial charge in [-0.15, -0.1) is 5.73 Å². The van der Waals surface area contributed by atoms with Crippen molar-refractivity contribution in [3.63, 3.8) is 0 Å². The van der Waals surface area contributed by atoms with E-state index in [0.29, 0.717) is 43.5 Å². The van der Waals surface area contributed by atoms with Gasteiger partial charge in [-0.1, -0.05) is 45.2 Å². The second-order valence-corrected chi connectivity index (χ2v) is 10.2. The number of nitrogens with zero attached hydrogens (tertiary/aromatic N) is 1. The molecule has 4 rings (SSSR count). The third kappa shape index (κ3) is 5.17. The Labute approximate surface area is 201 Å². The van der Waals surface area contributed by atoms with Gasteiger partial charge in [0.2, 0.25) is 0 Å². The largest absolute Gasteiger partial charge is 0.342 e. The predicted molar refractivity (Wildman–Crippen MR) is 129 cm³/mol. The minimum Gasteiger partial charge on any atom is -0.342 e. The molecule has 0 radical (unpaired) electrons. The first-order valence-electron chi connectivity index (χ1n) is 12.7. The Bertz CT molecular complexity index is 1010. The van der Waals surface area contributed by atoms with Gasteiger partial charge in [0.25, 0.3) is 11.8 Å². The summed E-state index contributed by atoms with van der Waals surface area (Å²) >= 11 is 0. The van der Waals surface area contributed by atoms with Crippen LogP contribution in [0.2, 0.25) is 0 Å². The van der Waals surface area contributed by atoms with Crippen LogP contribution in [0.1, 0.15) is 87.1 Å². The highest BCUT2D eigenvalue weighted by Crippen LogP contribution is 2.33. The normalized spacial score (nSPS) is 20.0. The molecule has 0 unspecified atom stereocenters. The number of nitrogens with one attached hydrogen (secondary N) is 1. The maximum absolute atomic E-state index is 15.6. The summed E-state index contributed by atoms with van der Waals surface area (Å²) in [5.41, 5.74) is 4.17. The molecule has 1 aromatic rings. The van der Waals surface area contributed by atoms with E-state index in [0.717, 1.165) is 32.1 Å². The monoisotopic (exact) mass is 466 g/mol. The van der Waals surface area contributed by atoms with Crippen LogP contribution in [0.3, 0.4) is 0 Å². The first-order valence-corrected chi connectivity index (χ1v) is 12.7. The van der Waals surface area contributed by atoms with Crippen molar-refractivity contribution in [3.05, 3.63) is 52.5 Å². The smallest absolute Gasteiger partial charge is 0.257 e. The highest BCUT2D eigenvalue weighted by Gasteiger charge is 2.34. The number of Topliss-reactive ketones (excluding diaryl/α,β-unsaturated/α-hetero) is 1. The maximum atomic E-state index is 15.6. The average molecular weight is 467 g/mol. The summed E-state index contributed by atoms with van der Waals surface area (Å²) in [6, 6.07) is 4.39. The van der Waals surface area contributed by atoms with Crippen LogP contribution >= 0.6 is 0 Å². The Hall–Kier alpha value is -2.72. The van der Waals surface area contributed by atoms with E-state index in [-0.39, 0.29) is 35.0 Å². The van der Waals surface area contributed by atoms with Gasteiger partial charge < -0.3 is 10.2 Å². The second-order valence-electron chi connectivity index (χ2n) is 10.2. The molecule has 2 aliphatic carbocycles. The van der Waals surface area contributed by atoms with Crippen molar-refractivity contribution in [1.82, 2.24) is 10.2 Å². The van der Waals surface area contributed by atoms with Crippen molar-refractivity contribution in [1.29, 1.82) is 0 Å². The van der Waals surface area contributed by atoms with E-state index in [9.17, 15) is 14.4 Å².